The third kappa shape index (κ3) is 2.50. The van der Waals surface area contributed by atoms with E-state index in [1.54, 1.807) is 18.4 Å². The van der Waals surface area contributed by atoms with Crippen LogP contribution in [0.3, 0.4) is 0 Å². The van der Waals surface area contributed by atoms with E-state index in [1.807, 2.05) is 5.38 Å². The number of hydrogen-bond donors (Lipinski definition) is 0. The maximum Gasteiger partial charge on any atom is 0.185 e. The molecule has 3 nitrogen and oxygen atoms in total. The number of methoxy groups -OCH3 is 1. The second-order valence-corrected chi connectivity index (χ2v) is 5.54. The maximum atomic E-state index is 5.76. The van der Waals surface area contributed by atoms with Gasteiger partial charge in [0.1, 0.15) is 0 Å². The van der Waals surface area contributed by atoms with Gasteiger partial charge in [0.25, 0.3) is 0 Å². The summed E-state index contributed by atoms with van der Waals surface area (Å²) in [5.41, 5.74) is 0.928. The van der Waals surface area contributed by atoms with Crippen LogP contribution in [0.1, 0.15) is 25.5 Å². The van der Waals surface area contributed by atoms with Crippen molar-refractivity contribution >= 4 is 28.1 Å². The van der Waals surface area contributed by atoms with E-state index in [1.165, 1.54) is 0 Å². The van der Waals surface area contributed by atoms with Crippen LogP contribution >= 0.6 is 22.9 Å². The molecule has 0 spiro atoms. The summed E-state index contributed by atoms with van der Waals surface area (Å²) in [6.45, 7) is 4.14. The Morgan fingerprint density at radius 1 is 1.69 bits per heavy atom. The second-order valence-electron chi connectivity index (χ2n) is 4.43. The van der Waals surface area contributed by atoms with Crippen molar-refractivity contribution in [2.45, 2.75) is 31.2 Å². The number of ether oxygens (including phenoxy) is 1. The molecule has 0 radical (unpaired) electrons. The molecule has 1 aliphatic rings. The van der Waals surface area contributed by atoms with E-state index in [-0.39, 0.29) is 5.60 Å². The lowest BCUT2D eigenvalue weighted by Gasteiger charge is -2.39. The van der Waals surface area contributed by atoms with Gasteiger partial charge in [-0.25, -0.2) is 4.98 Å². The van der Waals surface area contributed by atoms with E-state index in [0.29, 0.717) is 5.88 Å². The number of alkyl halides is 1. The smallest absolute Gasteiger partial charge is 0.185 e. The molecule has 1 unspecified atom stereocenters. The van der Waals surface area contributed by atoms with Crippen LogP contribution in [-0.2, 0) is 10.6 Å². The van der Waals surface area contributed by atoms with Crippen molar-refractivity contribution in [3.8, 4) is 0 Å². The van der Waals surface area contributed by atoms with Gasteiger partial charge in [-0.1, -0.05) is 0 Å². The summed E-state index contributed by atoms with van der Waals surface area (Å²) in [6, 6.07) is 0. The summed E-state index contributed by atoms with van der Waals surface area (Å²) >= 11 is 7.43. The number of hydrogen-bond acceptors (Lipinski definition) is 4. The van der Waals surface area contributed by atoms with Gasteiger partial charge in [-0.3, -0.25) is 0 Å². The molecular formula is C11H17ClN2OS. The summed E-state index contributed by atoms with van der Waals surface area (Å²) < 4.78 is 5.57. The Kier molecular flexibility index (Phi) is 3.72. The fourth-order valence-electron chi connectivity index (χ4n) is 2.04. The van der Waals surface area contributed by atoms with Crippen LogP contribution in [0.4, 0.5) is 5.13 Å². The summed E-state index contributed by atoms with van der Waals surface area (Å²) in [6.07, 6.45) is 2.27. The van der Waals surface area contributed by atoms with E-state index in [2.05, 4.69) is 16.8 Å². The van der Waals surface area contributed by atoms with Crippen molar-refractivity contribution in [3.05, 3.63) is 11.1 Å². The lowest BCUT2D eigenvalue weighted by molar-refractivity contribution is -0.00466. The molecule has 1 fully saturated rings. The number of anilines is 1. The maximum absolute atomic E-state index is 5.76. The molecule has 5 heteroatoms. The highest BCUT2D eigenvalue weighted by Crippen LogP contribution is 2.30. The average Bonchev–Trinajstić information content (AvgIpc) is 2.78. The highest BCUT2D eigenvalue weighted by atomic mass is 35.5. The second kappa shape index (κ2) is 4.90. The molecule has 2 heterocycles. The molecule has 0 aromatic carbocycles. The van der Waals surface area contributed by atoms with Gasteiger partial charge in [-0.15, -0.1) is 22.9 Å². The zero-order valence-electron chi connectivity index (χ0n) is 9.70. The van der Waals surface area contributed by atoms with Crippen molar-refractivity contribution < 1.29 is 4.74 Å². The lowest BCUT2D eigenvalue weighted by Crippen LogP contribution is -2.47. The van der Waals surface area contributed by atoms with Crippen molar-refractivity contribution in [2.75, 3.05) is 25.1 Å². The number of aromatic nitrogens is 1. The fourth-order valence-corrected chi connectivity index (χ4v) is 3.12. The number of rotatable bonds is 3. The third-order valence-electron chi connectivity index (χ3n) is 3.10. The van der Waals surface area contributed by atoms with Gasteiger partial charge in [0.05, 0.1) is 17.2 Å². The number of nitrogens with zero attached hydrogens (tertiary/aromatic N) is 2. The van der Waals surface area contributed by atoms with Crippen LogP contribution in [0.5, 0.6) is 0 Å². The highest BCUT2D eigenvalue weighted by Gasteiger charge is 2.31. The molecule has 0 aliphatic carbocycles. The Labute approximate surface area is 105 Å². The largest absolute Gasteiger partial charge is 0.377 e. The molecular weight excluding hydrogens is 244 g/mol. The summed E-state index contributed by atoms with van der Waals surface area (Å²) in [4.78, 5) is 6.81. The Hall–Kier alpha value is -0.320. The number of halogens is 1. The fraction of sp³-hybridized carbons (Fsp3) is 0.727. The van der Waals surface area contributed by atoms with Crippen LogP contribution in [0.15, 0.2) is 5.38 Å². The van der Waals surface area contributed by atoms with Crippen molar-refractivity contribution in [1.82, 2.24) is 4.98 Å². The molecule has 0 N–H and O–H groups in total. The Morgan fingerprint density at radius 2 is 2.50 bits per heavy atom. The molecule has 1 atom stereocenters. The van der Waals surface area contributed by atoms with Crippen LogP contribution in [0.2, 0.25) is 0 Å². The van der Waals surface area contributed by atoms with Crippen molar-refractivity contribution in [3.63, 3.8) is 0 Å². The topological polar surface area (TPSA) is 25.4 Å². The summed E-state index contributed by atoms with van der Waals surface area (Å²) in [5, 5.41) is 3.10. The Balaban J connectivity index is 2.09. The minimum Gasteiger partial charge on any atom is -0.377 e. The van der Waals surface area contributed by atoms with Gasteiger partial charge in [0, 0.05) is 25.6 Å². The summed E-state index contributed by atoms with van der Waals surface area (Å²) in [7, 11) is 1.79. The zero-order valence-corrected chi connectivity index (χ0v) is 11.3. The minimum atomic E-state index is -0.0367. The highest BCUT2D eigenvalue weighted by molar-refractivity contribution is 7.13. The first-order valence-corrected chi connectivity index (χ1v) is 6.89. The van der Waals surface area contributed by atoms with E-state index in [0.717, 1.165) is 36.8 Å². The number of piperidine rings is 1. The summed E-state index contributed by atoms with van der Waals surface area (Å²) in [5.74, 6) is 0.492. The predicted octanol–water partition coefficient (Wildman–Crippen LogP) is 2.89. The predicted molar refractivity (Wildman–Crippen MR) is 68.5 cm³/mol. The van der Waals surface area contributed by atoms with Crippen LogP contribution in [0.25, 0.3) is 0 Å². The molecule has 90 valence electrons. The van der Waals surface area contributed by atoms with Gasteiger partial charge in [-0.2, -0.15) is 0 Å². The van der Waals surface area contributed by atoms with Crippen molar-refractivity contribution in [2.24, 2.45) is 0 Å². The normalized spacial score (nSPS) is 26.1. The monoisotopic (exact) mass is 260 g/mol. The SMILES string of the molecule is COC1(C)CCCN(c2nc(CCl)cs2)C1. The molecule has 0 amide bonds. The van der Waals surface area contributed by atoms with E-state index < -0.39 is 0 Å². The average molecular weight is 261 g/mol. The van der Waals surface area contributed by atoms with Gasteiger partial charge in [-0.05, 0) is 19.8 Å². The van der Waals surface area contributed by atoms with Gasteiger partial charge >= 0.3 is 0 Å². The Morgan fingerprint density at radius 3 is 3.12 bits per heavy atom. The van der Waals surface area contributed by atoms with E-state index >= 15 is 0 Å². The molecule has 1 aliphatic heterocycles. The van der Waals surface area contributed by atoms with Crippen molar-refractivity contribution in [1.29, 1.82) is 0 Å². The lowest BCUT2D eigenvalue weighted by atomic mass is 9.95. The van der Waals surface area contributed by atoms with Gasteiger partial charge < -0.3 is 9.64 Å². The van der Waals surface area contributed by atoms with Gasteiger partial charge in [0.15, 0.2) is 5.13 Å². The molecule has 0 saturated carbocycles. The van der Waals surface area contributed by atoms with Crippen LogP contribution in [0, 0.1) is 0 Å². The molecule has 0 bridgehead atoms. The first kappa shape index (κ1) is 12.1. The van der Waals surface area contributed by atoms with E-state index in [9.17, 15) is 0 Å². The first-order valence-electron chi connectivity index (χ1n) is 5.47. The molecule has 1 aromatic rings. The van der Waals surface area contributed by atoms with E-state index in [4.69, 9.17) is 16.3 Å². The molecule has 2 rings (SSSR count). The minimum absolute atomic E-state index is 0.0367. The Bertz CT molecular complexity index is 358. The van der Waals surface area contributed by atoms with Crippen LogP contribution < -0.4 is 4.90 Å². The standard InChI is InChI=1S/C11H17ClN2OS/c1-11(15-2)4-3-5-14(8-11)10-13-9(6-12)7-16-10/h7H,3-6,8H2,1-2H3. The molecule has 1 saturated heterocycles. The molecule has 1 aromatic heterocycles. The number of thiazole rings is 1. The first-order chi connectivity index (χ1) is 7.67. The van der Waals surface area contributed by atoms with Crippen LogP contribution in [-0.4, -0.2) is 30.8 Å². The quantitative estimate of drug-likeness (QED) is 0.782. The third-order valence-corrected chi connectivity index (χ3v) is 4.32. The van der Waals surface area contributed by atoms with Gasteiger partial charge in [0.2, 0.25) is 0 Å². The zero-order chi connectivity index (χ0) is 11.6. The molecule has 16 heavy (non-hydrogen) atoms.